The molecule has 0 radical (unpaired) electrons. The van der Waals surface area contributed by atoms with Crippen LogP contribution in [0.2, 0.25) is 10.0 Å². The highest BCUT2D eigenvalue weighted by Gasteiger charge is 2.46. The van der Waals surface area contributed by atoms with Gasteiger partial charge in [-0.3, -0.25) is 14.4 Å². The highest BCUT2D eigenvalue weighted by atomic mass is 35.5. The van der Waals surface area contributed by atoms with Crippen molar-refractivity contribution >= 4 is 46.6 Å². The van der Waals surface area contributed by atoms with Crippen LogP contribution in [0.5, 0.6) is 0 Å². The minimum atomic E-state index is -1.01. The second-order valence-electron chi connectivity index (χ2n) is 7.02. The van der Waals surface area contributed by atoms with Crippen molar-refractivity contribution in [3.63, 3.8) is 0 Å². The van der Waals surface area contributed by atoms with E-state index in [0.717, 1.165) is 5.56 Å². The van der Waals surface area contributed by atoms with E-state index in [1.54, 1.807) is 36.4 Å². The van der Waals surface area contributed by atoms with E-state index in [4.69, 9.17) is 28.3 Å². The van der Waals surface area contributed by atoms with Crippen molar-refractivity contribution in [1.82, 2.24) is 4.90 Å². The van der Waals surface area contributed by atoms with E-state index in [9.17, 15) is 19.5 Å². The molecular weight excluding hydrogens is 429 g/mol. The smallest absolute Gasteiger partial charge is 0.303 e. The molecule has 1 saturated heterocycles. The third kappa shape index (κ3) is 4.35. The van der Waals surface area contributed by atoms with Gasteiger partial charge in [0.2, 0.25) is 0 Å². The number of carbonyl (C=O) groups excluding carboxylic acids is 2. The van der Waals surface area contributed by atoms with Crippen LogP contribution in [0.1, 0.15) is 35.6 Å². The lowest BCUT2D eigenvalue weighted by Gasteiger charge is -2.26. The Morgan fingerprint density at radius 3 is 2.33 bits per heavy atom. The molecule has 2 aromatic carbocycles. The summed E-state index contributed by atoms with van der Waals surface area (Å²) >= 11 is 12.3. The van der Waals surface area contributed by atoms with Gasteiger partial charge in [-0.1, -0.05) is 59.1 Å². The summed E-state index contributed by atoms with van der Waals surface area (Å²) in [6.07, 6.45) is -0.0172. The first-order chi connectivity index (χ1) is 14.2. The Balaban J connectivity index is 2.14. The highest BCUT2D eigenvalue weighted by Crippen LogP contribution is 2.42. The number of aliphatic carboxylic acids is 1. The maximum atomic E-state index is 12.9. The quantitative estimate of drug-likeness (QED) is 0.383. The molecule has 1 heterocycles. The van der Waals surface area contributed by atoms with E-state index in [0.29, 0.717) is 16.1 Å². The van der Waals surface area contributed by atoms with Gasteiger partial charge in [-0.15, -0.1) is 0 Å². The van der Waals surface area contributed by atoms with Gasteiger partial charge in [0, 0.05) is 28.6 Å². The molecule has 6 nitrogen and oxygen atoms in total. The number of aliphatic hydroxyl groups is 1. The van der Waals surface area contributed by atoms with Gasteiger partial charge in [0.15, 0.2) is 0 Å². The first kappa shape index (κ1) is 21.9. The van der Waals surface area contributed by atoms with E-state index in [1.807, 2.05) is 6.92 Å². The molecule has 30 heavy (non-hydrogen) atoms. The van der Waals surface area contributed by atoms with Crippen LogP contribution in [-0.2, 0) is 14.4 Å². The summed E-state index contributed by atoms with van der Waals surface area (Å²) in [4.78, 5) is 37.8. The normalized spacial score (nSPS) is 18.1. The SMILES string of the molecule is Cc1ccc(C(O)=C2C(=O)C(=O)N(CCCC(=O)O)C2c2ccc(Cl)cc2Cl)cc1. The minimum absolute atomic E-state index is 0.0190. The fourth-order valence-electron chi connectivity index (χ4n) is 3.42. The average Bonchev–Trinajstić information content (AvgIpc) is 2.93. The lowest BCUT2D eigenvalue weighted by molar-refractivity contribution is -0.140. The number of rotatable bonds is 6. The van der Waals surface area contributed by atoms with Crippen LogP contribution in [0.25, 0.3) is 5.76 Å². The first-order valence-corrected chi connectivity index (χ1v) is 9.98. The van der Waals surface area contributed by atoms with E-state index < -0.39 is 23.7 Å². The van der Waals surface area contributed by atoms with Crippen molar-refractivity contribution in [2.45, 2.75) is 25.8 Å². The van der Waals surface area contributed by atoms with E-state index in [1.165, 1.54) is 11.0 Å². The summed E-state index contributed by atoms with van der Waals surface area (Å²) in [6, 6.07) is 10.6. The Labute approximate surface area is 183 Å². The zero-order valence-corrected chi connectivity index (χ0v) is 17.6. The van der Waals surface area contributed by atoms with Crippen molar-refractivity contribution in [2.24, 2.45) is 0 Å². The number of amides is 1. The summed E-state index contributed by atoms with van der Waals surface area (Å²) < 4.78 is 0. The highest BCUT2D eigenvalue weighted by molar-refractivity contribution is 6.47. The fraction of sp³-hybridized carbons (Fsp3) is 0.227. The van der Waals surface area contributed by atoms with Crippen molar-refractivity contribution in [1.29, 1.82) is 0 Å². The molecule has 1 aliphatic rings. The second-order valence-corrected chi connectivity index (χ2v) is 7.87. The van der Waals surface area contributed by atoms with Crippen molar-refractivity contribution in [2.75, 3.05) is 6.54 Å². The number of hydrogen-bond acceptors (Lipinski definition) is 4. The van der Waals surface area contributed by atoms with Crippen LogP contribution >= 0.6 is 23.2 Å². The monoisotopic (exact) mass is 447 g/mol. The van der Waals surface area contributed by atoms with Crippen LogP contribution in [0, 0.1) is 6.92 Å². The number of aliphatic hydroxyl groups excluding tert-OH is 1. The number of hydrogen-bond donors (Lipinski definition) is 2. The molecule has 8 heteroatoms. The molecule has 2 aromatic rings. The Morgan fingerprint density at radius 2 is 1.73 bits per heavy atom. The molecule has 0 spiro atoms. The first-order valence-electron chi connectivity index (χ1n) is 9.23. The molecule has 1 fully saturated rings. The Hall–Kier alpha value is -2.83. The number of carboxylic acid groups (broad SMARTS) is 1. The van der Waals surface area contributed by atoms with Gasteiger partial charge in [0.25, 0.3) is 11.7 Å². The third-order valence-corrected chi connectivity index (χ3v) is 5.47. The number of benzene rings is 2. The van der Waals surface area contributed by atoms with Crippen LogP contribution in [0.3, 0.4) is 0 Å². The molecule has 2 N–H and O–H groups in total. The summed E-state index contributed by atoms with van der Waals surface area (Å²) in [6.45, 7) is 1.91. The zero-order valence-electron chi connectivity index (χ0n) is 16.1. The number of ketones is 1. The van der Waals surface area contributed by atoms with E-state index in [2.05, 4.69) is 0 Å². The van der Waals surface area contributed by atoms with Gasteiger partial charge in [-0.05, 0) is 31.0 Å². The summed E-state index contributed by atoms with van der Waals surface area (Å²) in [5, 5.41) is 20.5. The predicted molar refractivity (Wildman–Crippen MR) is 114 cm³/mol. The number of carbonyl (C=O) groups is 3. The zero-order chi connectivity index (χ0) is 22.0. The van der Waals surface area contributed by atoms with E-state index >= 15 is 0 Å². The summed E-state index contributed by atoms with van der Waals surface area (Å²) in [7, 11) is 0. The Bertz CT molecular complexity index is 1050. The van der Waals surface area contributed by atoms with Crippen LogP contribution in [0.4, 0.5) is 0 Å². The number of nitrogens with zero attached hydrogens (tertiary/aromatic N) is 1. The van der Waals surface area contributed by atoms with Crippen LogP contribution < -0.4 is 0 Å². The maximum Gasteiger partial charge on any atom is 0.303 e. The molecule has 1 amide bonds. The third-order valence-electron chi connectivity index (χ3n) is 4.91. The second kappa shape index (κ2) is 8.90. The molecule has 156 valence electrons. The number of likely N-dealkylation sites (tertiary alicyclic amines) is 1. The average molecular weight is 448 g/mol. The largest absolute Gasteiger partial charge is 0.507 e. The number of Topliss-reactive ketones (excluding diaryl/α,β-unsaturated/α-hetero) is 1. The summed E-state index contributed by atoms with van der Waals surface area (Å²) in [5.74, 6) is -2.98. The van der Waals surface area contributed by atoms with Crippen LogP contribution in [-0.4, -0.2) is 39.3 Å². The molecule has 0 aliphatic carbocycles. The minimum Gasteiger partial charge on any atom is -0.507 e. The predicted octanol–water partition coefficient (Wildman–Crippen LogP) is 4.59. The van der Waals surface area contributed by atoms with Gasteiger partial charge < -0.3 is 15.1 Å². The molecule has 3 rings (SSSR count). The standard InChI is InChI=1S/C22H19Cl2NO5/c1-12-4-6-13(7-5-12)20(28)18-19(15-9-8-14(23)11-16(15)24)25(22(30)21(18)29)10-2-3-17(26)27/h4-9,11,19,28H,2-3,10H2,1H3,(H,26,27). The Morgan fingerprint density at radius 1 is 1.07 bits per heavy atom. The molecule has 1 aliphatic heterocycles. The molecule has 1 unspecified atom stereocenters. The maximum absolute atomic E-state index is 12.9. The van der Waals surface area contributed by atoms with Gasteiger partial charge in [0.1, 0.15) is 5.76 Å². The number of carboxylic acids is 1. The van der Waals surface area contributed by atoms with Gasteiger partial charge in [-0.2, -0.15) is 0 Å². The molecule has 0 saturated carbocycles. The topological polar surface area (TPSA) is 94.9 Å². The van der Waals surface area contributed by atoms with Crippen molar-refractivity contribution < 1.29 is 24.6 Å². The van der Waals surface area contributed by atoms with Gasteiger partial charge in [-0.25, -0.2) is 0 Å². The number of aryl methyl sites for hydroxylation is 1. The molecule has 0 bridgehead atoms. The van der Waals surface area contributed by atoms with Crippen molar-refractivity contribution in [3.8, 4) is 0 Å². The fourth-order valence-corrected chi connectivity index (χ4v) is 3.94. The van der Waals surface area contributed by atoms with Crippen molar-refractivity contribution in [3.05, 3.63) is 74.8 Å². The van der Waals surface area contributed by atoms with Gasteiger partial charge >= 0.3 is 5.97 Å². The van der Waals surface area contributed by atoms with Crippen LogP contribution in [0.15, 0.2) is 48.0 Å². The lowest BCUT2D eigenvalue weighted by atomic mass is 9.95. The van der Waals surface area contributed by atoms with Gasteiger partial charge in [0.05, 0.1) is 11.6 Å². The lowest BCUT2D eigenvalue weighted by Crippen LogP contribution is -2.31. The molecule has 1 atom stereocenters. The molecule has 0 aromatic heterocycles. The Kier molecular flexibility index (Phi) is 6.48. The van der Waals surface area contributed by atoms with E-state index in [-0.39, 0.29) is 35.7 Å². The summed E-state index contributed by atoms with van der Waals surface area (Å²) in [5.41, 5.74) is 1.69. The number of halogens is 2. The molecular formula is C22H19Cl2NO5.